The maximum atomic E-state index is 13.3. The SMILES string of the molecule is COc1ccc(S(=O)(=O)N2CCC[C@@H]2c2ncc(C(=O)N3CCCCC3)c(C)n2)cc1. The minimum atomic E-state index is -3.69. The van der Waals surface area contributed by atoms with Crippen LogP contribution in [0.2, 0.25) is 0 Å². The summed E-state index contributed by atoms with van der Waals surface area (Å²) in [4.78, 5) is 23.9. The minimum Gasteiger partial charge on any atom is -0.497 e. The lowest BCUT2D eigenvalue weighted by Crippen LogP contribution is -2.36. The number of hydrogen-bond donors (Lipinski definition) is 0. The fraction of sp³-hybridized carbons (Fsp3) is 0.500. The molecular weight excluding hydrogens is 416 g/mol. The molecule has 31 heavy (non-hydrogen) atoms. The highest BCUT2D eigenvalue weighted by molar-refractivity contribution is 7.89. The Labute approximate surface area is 183 Å². The van der Waals surface area contributed by atoms with Crippen molar-refractivity contribution >= 4 is 15.9 Å². The summed E-state index contributed by atoms with van der Waals surface area (Å²) in [7, 11) is -2.15. The summed E-state index contributed by atoms with van der Waals surface area (Å²) < 4.78 is 33.1. The highest BCUT2D eigenvalue weighted by atomic mass is 32.2. The van der Waals surface area contributed by atoms with Gasteiger partial charge in [0.05, 0.1) is 29.3 Å². The fourth-order valence-corrected chi connectivity index (χ4v) is 5.95. The molecule has 1 aromatic heterocycles. The number of amides is 1. The Morgan fingerprint density at radius 3 is 2.42 bits per heavy atom. The molecule has 0 spiro atoms. The van der Waals surface area contributed by atoms with Gasteiger partial charge in [0.2, 0.25) is 10.0 Å². The van der Waals surface area contributed by atoms with Crippen LogP contribution < -0.4 is 4.74 Å². The maximum absolute atomic E-state index is 13.3. The number of carbonyl (C=O) groups excluding carboxylic acids is 1. The van der Waals surface area contributed by atoms with Crippen LogP contribution in [0, 0.1) is 6.92 Å². The van der Waals surface area contributed by atoms with Crippen LogP contribution in [-0.4, -0.2) is 60.2 Å². The largest absolute Gasteiger partial charge is 0.497 e. The number of hydrogen-bond acceptors (Lipinski definition) is 6. The van der Waals surface area contributed by atoms with Crippen LogP contribution in [0.5, 0.6) is 5.75 Å². The molecule has 166 valence electrons. The topological polar surface area (TPSA) is 92.7 Å². The molecule has 2 aromatic rings. The molecular formula is C22H28N4O4S. The van der Waals surface area contributed by atoms with Gasteiger partial charge in [-0.2, -0.15) is 4.31 Å². The van der Waals surface area contributed by atoms with Crippen LogP contribution in [0.15, 0.2) is 35.4 Å². The first-order chi connectivity index (χ1) is 14.9. The quantitative estimate of drug-likeness (QED) is 0.704. The van der Waals surface area contributed by atoms with E-state index in [2.05, 4.69) is 9.97 Å². The zero-order chi connectivity index (χ0) is 22.0. The van der Waals surface area contributed by atoms with E-state index in [9.17, 15) is 13.2 Å². The van der Waals surface area contributed by atoms with E-state index < -0.39 is 16.1 Å². The standard InChI is InChI=1S/C22H28N4O4S/c1-16-19(22(27)25-12-4-3-5-13-25)15-23-21(24-16)20-7-6-14-26(20)31(28,29)18-10-8-17(30-2)9-11-18/h8-11,15,20H,3-7,12-14H2,1-2H3/t20-/m1/s1. The Hall–Kier alpha value is -2.52. The van der Waals surface area contributed by atoms with E-state index in [-0.39, 0.29) is 10.8 Å². The van der Waals surface area contributed by atoms with E-state index in [1.807, 2.05) is 4.90 Å². The molecule has 4 rings (SSSR count). The first-order valence-electron chi connectivity index (χ1n) is 10.7. The fourth-order valence-electron chi connectivity index (χ4n) is 4.29. The van der Waals surface area contributed by atoms with Crippen LogP contribution in [0.1, 0.15) is 60.0 Å². The number of aromatic nitrogens is 2. The molecule has 0 aliphatic carbocycles. The molecule has 8 nitrogen and oxygen atoms in total. The van der Waals surface area contributed by atoms with Crippen LogP contribution in [0.3, 0.4) is 0 Å². The molecule has 2 aliphatic rings. The van der Waals surface area contributed by atoms with Crippen molar-refractivity contribution in [2.75, 3.05) is 26.7 Å². The maximum Gasteiger partial charge on any atom is 0.257 e. The van der Waals surface area contributed by atoms with Gasteiger partial charge in [-0.15, -0.1) is 0 Å². The van der Waals surface area contributed by atoms with Crippen LogP contribution in [0.25, 0.3) is 0 Å². The van der Waals surface area contributed by atoms with Crippen LogP contribution in [0.4, 0.5) is 0 Å². The van der Waals surface area contributed by atoms with Crippen molar-refractivity contribution < 1.29 is 17.9 Å². The van der Waals surface area contributed by atoms with E-state index in [1.54, 1.807) is 44.5 Å². The molecule has 1 amide bonds. The summed E-state index contributed by atoms with van der Waals surface area (Å²) in [6, 6.07) is 5.94. The Bertz CT molecular complexity index is 1050. The second-order valence-electron chi connectivity index (χ2n) is 8.03. The van der Waals surface area contributed by atoms with E-state index in [1.165, 1.54) is 4.31 Å². The third kappa shape index (κ3) is 4.29. The number of aryl methyl sites for hydroxylation is 1. The Kier molecular flexibility index (Phi) is 6.24. The van der Waals surface area contributed by atoms with Gasteiger partial charge in [0, 0.05) is 25.8 Å². The number of benzene rings is 1. The van der Waals surface area contributed by atoms with E-state index in [4.69, 9.17) is 4.74 Å². The summed E-state index contributed by atoms with van der Waals surface area (Å²) in [5.41, 5.74) is 1.09. The van der Waals surface area contributed by atoms with Crippen molar-refractivity contribution in [2.45, 2.75) is 50.0 Å². The van der Waals surface area contributed by atoms with E-state index >= 15 is 0 Å². The van der Waals surface area contributed by atoms with Crippen molar-refractivity contribution in [2.24, 2.45) is 0 Å². The molecule has 2 saturated heterocycles. The van der Waals surface area contributed by atoms with Gasteiger partial charge in [0.1, 0.15) is 11.6 Å². The lowest BCUT2D eigenvalue weighted by Gasteiger charge is -2.27. The molecule has 2 fully saturated rings. The Balaban J connectivity index is 1.58. The third-order valence-electron chi connectivity index (χ3n) is 6.04. The first-order valence-corrected chi connectivity index (χ1v) is 12.1. The smallest absolute Gasteiger partial charge is 0.257 e. The van der Waals surface area contributed by atoms with Gasteiger partial charge in [-0.05, 0) is 63.3 Å². The van der Waals surface area contributed by atoms with E-state index in [0.717, 1.165) is 38.8 Å². The zero-order valence-electron chi connectivity index (χ0n) is 18.0. The summed E-state index contributed by atoms with van der Waals surface area (Å²) in [5, 5.41) is 0. The summed E-state index contributed by atoms with van der Waals surface area (Å²) in [6.45, 7) is 3.72. The van der Waals surface area contributed by atoms with Crippen LogP contribution in [-0.2, 0) is 10.0 Å². The normalized spacial score (nSPS) is 20.1. The zero-order valence-corrected chi connectivity index (χ0v) is 18.8. The number of nitrogens with zero attached hydrogens (tertiary/aromatic N) is 4. The Morgan fingerprint density at radius 1 is 1.06 bits per heavy atom. The minimum absolute atomic E-state index is 0.0436. The third-order valence-corrected chi connectivity index (χ3v) is 7.96. The molecule has 3 heterocycles. The molecule has 2 aliphatic heterocycles. The second-order valence-corrected chi connectivity index (χ2v) is 9.92. The molecule has 0 N–H and O–H groups in total. The number of rotatable bonds is 5. The number of methoxy groups -OCH3 is 1. The van der Waals surface area contributed by atoms with Crippen molar-refractivity contribution in [1.29, 1.82) is 0 Å². The van der Waals surface area contributed by atoms with Crippen molar-refractivity contribution in [3.05, 3.63) is 47.5 Å². The lowest BCUT2D eigenvalue weighted by atomic mass is 10.1. The average Bonchev–Trinajstić information content (AvgIpc) is 3.30. The highest BCUT2D eigenvalue weighted by Gasteiger charge is 2.38. The molecule has 0 unspecified atom stereocenters. The molecule has 0 saturated carbocycles. The van der Waals surface area contributed by atoms with Gasteiger partial charge in [-0.3, -0.25) is 4.79 Å². The molecule has 9 heteroatoms. The number of likely N-dealkylation sites (tertiary alicyclic amines) is 1. The molecule has 0 bridgehead atoms. The predicted molar refractivity (Wildman–Crippen MR) is 115 cm³/mol. The summed E-state index contributed by atoms with van der Waals surface area (Å²) >= 11 is 0. The van der Waals surface area contributed by atoms with Gasteiger partial charge < -0.3 is 9.64 Å². The number of carbonyl (C=O) groups is 1. The second kappa shape index (κ2) is 8.92. The van der Waals surface area contributed by atoms with Gasteiger partial charge >= 0.3 is 0 Å². The average molecular weight is 445 g/mol. The van der Waals surface area contributed by atoms with Crippen molar-refractivity contribution in [1.82, 2.24) is 19.2 Å². The Morgan fingerprint density at radius 2 is 1.77 bits per heavy atom. The van der Waals surface area contributed by atoms with Gasteiger partial charge in [-0.1, -0.05) is 0 Å². The summed E-state index contributed by atoms with van der Waals surface area (Å²) in [6.07, 6.45) is 6.13. The van der Waals surface area contributed by atoms with Gasteiger partial charge in [0.15, 0.2) is 0 Å². The van der Waals surface area contributed by atoms with E-state index in [0.29, 0.717) is 35.8 Å². The first kappa shape index (κ1) is 21.7. The predicted octanol–water partition coefficient (Wildman–Crippen LogP) is 2.95. The van der Waals surface area contributed by atoms with Crippen molar-refractivity contribution in [3.63, 3.8) is 0 Å². The monoisotopic (exact) mass is 444 g/mol. The molecule has 1 aromatic carbocycles. The number of sulfonamides is 1. The molecule has 0 radical (unpaired) electrons. The molecule has 1 atom stereocenters. The lowest BCUT2D eigenvalue weighted by molar-refractivity contribution is 0.0722. The van der Waals surface area contributed by atoms with Crippen molar-refractivity contribution in [3.8, 4) is 5.75 Å². The highest BCUT2D eigenvalue weighted by Crippen LogP contribution is 2.35. The number of ether oxygens (including phenoxy) is 1. The van der Waals surface area contributed by atoms with Gasteiger partial charge in [-0.25, -0.2) is 18.4 Å². The summed E-state index contributed by atoms with van der Waals surface area (Å²) in [5.74, 6) is 1.00. The van der Waals surface area contributed by atoms with Crippen LogP contribution >= 0.6 is 0 Å². The number of piperidine rings is 1. The van der Waals surface area contributed by atoms with Gasteiger partial charge in [0.25, 0.3) is 5.91 Å².